The Kier molecular flexibility index (Phi) is 6.20. The first-order valence-corrected chi connectivity index (χ1v) is 13.3. The molecular weight excluding hydrogens is 370 g/mol. The van der Waals surface area contributed by atoms with E-state index in [0.29, 0.717) is 23.1 Å². The van der Waals surface area contributed by atoms with Crippen molar-refractivity contribution in [2.45, 2.75) is 80.2 Å². The van der Waals surface area contributed by atoms with Gasteiger partial charge in [0.1, 0.15) is 16.1 Å². The van der Waals surface area contributed by atoms with Crippen molar-refractivity contribution in [3.8, 4) is 0 Å². The van der Waals surface area contributed by atoms with Crippen LogP contribution in [0.5, 0.6) is 0 Å². The molecule has 0 amide bonds. The van der Waals surface area contributed by atoms with Gasteiger partial charge in [-0.05, 0) is 69.0 Å². The van der Waals surface area contributed by atoms with Crippen molar-refractivity contribution in [3.63, 3.8) is 0 Å². The molecule has 7 heteroatoms. The predicted molar refractivity (Wildman–Crippen MR) is 105 cm³/mol. The molecule has 0 aromatic heterocycles. The summed E-state index contributed by atoms with van der Waals surface area (Å²) in [6, 6.07) is 0.318. The Morgan fingerprint density at radius 2 is 1.92 bits per heavy atom. The Labute approximate surface area is 162 Å². The maximum absolute atomic E-state index is 11.9. The molecule has 4 fully saturated rings. The Hall–Kier alpha value is 0.180. The summed E-state index contributed by atoms with van der Waals surface area (Å²) in [4.78, 5) is 0. The lowest BCUT2D eigenvalue weighted by Gasteiger charge is -2.44. The van der Waals surface area contributed by atoms with E-state index in [2.05, 4.69) is 5.32 Å². The number of hydrogen-bond acceptors (Lipinski definition) is 6. The van der Waals surface area contributed by atoms with Crippen LogP contribution in [0.4, 0.5) is 0 Å². The molecule has 3 aliphatic heterocycles. The summed E-state index contributed by atoms with van der Waals surface area (Å²) in [5.74, 6) is 2.37. The lowest BCUT2D eigenvalue weighted by molar-refractivity contribution is -0.0717. The van der Waals surface area contributed by atoms with Gasteiger partial charge in [0.15, 0.2) is 0 Å². The molecule has 150 valence electrons. The monoisotopic (exact) mass is 403 g/mol. The van der Waals surface area contributed by atoms with Gasteiger partial charge in [0.2, 0.25) is 0 Å². The minimum atomic E-state index is -2.91. The summed E-state index contributed by atoms with van der Waals surface area (Å²) in [5.41, 5.74) is 0. The minimum absolute atomic E-state index is 0.136. The van der Waals surface area contributed by atoms with Gasteiger partial charge >= 0.3 is 0 Å². The quantitative estimate of drug-likeness (QED) is 0.761. The second-order valence-corrected chi connectivity index (χ2v) is 12.4. The van der Waals surface area contributed by atoms with Crippen molar-refractivity contribution in [1.29, 1.82) is 0 Å². The Balaban J connectivity index is 1.36. The van der Waals surface area contributed by atoms with Crippen molar-refractivity contribution in [2.75, 3.05) is 25.2 Å². The number of thioether (sulfide) groups is 1. The van der Waals surface area contributed by atoms with Crippen molar-refractivity contribution >= 4 is 21.6 Å². The van der Waals surface area contributed by atoms with Gasteiger partial charge in [-0.25, -0.2) is 8.42 Å². The van der Waals surface area contributed by atoms with Crippen LogP contribution < -0.4 is 5.32 Å². The van der Waals surface area contributed by atoms with E-state index in [-0.39, 0.29) is 17.6 Å². The topological polar surface area (TPSA) is 64.6 Å². The highest BCUT2D eigenvalue weighted by Crippen LogP contribution is 2.40. The van der Waals surface area contributed by atoms with Gasteiger partial charge in [-0.15, -0.1) is 0 Å². The molecule has 5 nitrogen and oxygen atoms in total. The van der Waals surface area contributed by atoms with Crippen LogP contribution in [0.25, 0.3) is 0 Å². The van der Waals surface area contributed by atoms with Crippen LogP contribution in [0.2, 0.25) is 0 Å². The lowest BCUT2D eigenvalue weighted by atomic mass is 9.76. The molecule has 4 aliphatic rings. The third kappa shape index (κ3) is 4.43. The van der Waals surface area contributed by atoms with E-state index < -0.39 is 9.84 Å². The fourth-order valence-electron chi connectivity index (χ4n) is 5.35. The zero-order valence-electron chi connectivity index (χ0n) is 15.8. The van der Waals surface area contributed by atoms with Crippen LogP contribution in [0.15, 0.2) is 0 Å². The SMILES string of the molecule is CS(=O)(=O)C1CCC(C2NC(OCC3CCCS3)CC3CCOC32)CC1. The minimum Gasteiger partial charge on any atom is -0.376 e. The summed E-state index contributed by atoms with van der Waals surface area (Å²) in [5, 5.41) is 4.29. The Bertz CT molecular complexity index is 570. The molecule has 0 bridgehead atoms. The van der Waals surface area contributed by atoms with E-state index in [1.165, 1.54) is 24.9 Å². The number of nitrogens with one attached hydrogen (secondary N) is 1. The molecule has 5 unspecified atom stereocenters. The van der Waals surface area contributed by atoms with Gasteiger partial charge in [0.25, 0.3) is 0 Å². The lowest BCUT2D eigenvalue weighted by Crippen LogP contribution is -2.58. The second-order valence-electron chi connectivity index (χ2n) is 8.64. The fraction of sp³-hybridized carbons (Fsp3) is 1.00. The number of fused-ring (bicyclic) bond motifs is 1. The van der Waals surface area contributed by atoms with Crippen molar-refractivity contribution in [2.24, 2.45) is 11.8 Å². The van der Waals surface area contributed by atoms with E-state index in [1.807, 2.05) is 11.8 Å². The molecule has 0 radical (unpaired) electrons. The number of piperidine rings is 1. The molecule has 5 atom stereocenters. The highest BCUT2D eigenvalue weighted by atomic mass is 32.2. The largest absolute Gasteiger partial charge is 0.376 e. The van der Waals surface area contributed by atoms with Crippen LogP contribution in [0.3, 0.4) is 0 Å². The molecule has 0 aromatic rings. The third-order valence-corrected chi connectivity index (χ3v) is 9.90. The molecule has 1 aliphatic carbocycles. The number of hydrogen-bond donors (Lipinski definition) is 1. The van der Waals surface area contributed by atoms with Crippen LogP contribution in [0.1, 0.15) is 51.4 Å². The van der Waals surface area contributed by atoms with Gasteiger partial charge in [0.05, 0.1) is 18.0 Å². The van der Waals surface area contributed by atoms with Crippen molar-refractivity contribution in [1.82, 2.24) is 5.32 Å². The summed E-state index contributed by atoms with van der Waals surface area (Å²) in [6.07, 6.45) is 10.2. The molecule has 3 saturated heterocycles. The molecule has 0 aromatic carbocycles. The number of rotatable bonds is 5. The van der Waals surface area contributed by atoms with E-state index in [4.69, 9.17) is 9.47 Å². The van der Waals surface area contributed by atoms with Crippen molar-refractivity contribution < 1.29 is 17.9 Å². The maximum atomic E-state index is 11.9. The predicted octanol–water partition coefficient (Wildman–Crippen LogP) is 2.60. The smallest absolute Gasteiger partial charge is 0.150 e. The van der Waals surface area contributed by atoms with Gasteiger partial charge in [-0.3, -0.25) is 5.32 Å². The normalized spacial score (nSPS) is 44.1. The molecular formula is C19H33NO4S2. The first-order chi connectivity index (χ1) is 12.5. The summed E-state index contributed by atoms with van der Waals surface area (Å²) < 4.78 is 36.1. The summed E-state index contributed by atoms with van der Waals surface area (Å²) in [7, 11) is -2.91. The zero-order valence-corrected chi connectivity index (χ0v) is 17.4. The first kappa shape index (κ1) is 19.5. The first-order valence-electron chi connectivity index (χ1n) is 10.3. The molecule has 26 heavy (non-hydrogen) atoms. The van der Waals surface area contributed by atoms with Crippen LogP contribution in [-0.4, -0.2) is 62.5 Å². The molecule has 0 spiro atoms. The van der Waals surface area contributed by atoms with E-state index >= 15 is 0 Å². The maximum Gasteiger partial charge on any atom is 0.150 e. The standard InChI is InChI=1S/C19H33NO4S2/c1-26(21,22)16-6-4-13(5-7-16)18-19-14(8-9-23-19)11-17(20-18)24-12-15-3-2-10-25-15/h13-20H,2-12H2,1H3. The average molecular weight is 404 g/mol. The fourth-order valence-corrected chi connectivity index (χ4v) is 7.66. The van der Waals surface area contributed by atoms with Crippen LogP contribution in [0, 0.1) is 11.8 Å². The summed E-state index contributed by atoms with van der Waals surface area (Å²) >= 11 is 2.05. The van der Waals surface area contributed by atoms with Crippen LogP contribution >= 0.6 is 11.8 Å². The van der Waals surface area contributed by atoms with Gasteiger partial charge in [-0.1, -0.05) is 0 Å². The van der Waals surface area contributed by atoms with E-state index in [9.17, 15) is 8.42 Å². The number of ether oxygens (including phenoxy) is 2. The third-order valence-electron chi connectivity index (χ3n) is 6.85. The highest BCUT2D eigenvalue weighted by molar-refractivity contribution is 8.00. The molecule has 4 rings (SSSR count). The van der Waals surface area contributed by atoms with Gasteiger partial charge < -0.3 is 9.47 Å². The average Bonchev–Trinajstić information content (AvgIpc) is 3.30. The second kappa shape index (κ2) is 8.27. The van der Waals surface area contributed by atoms with E-state index in [1.54, 1.807) is 0 Å². The molecule has 3 heterocycles. The number of sulfone groups is 1. The Morgan fingerprint density at radius 3 is 2.62 bits per heavy atom. The molecule has 1 saturated carbocycles. The van der Waals surface area contributed by atoms with Crippen LogP contribution in [-0.2, 0) is 19.3 Å². The molecule has 1 N–H and O–H groups in total. The van der Waals surface area contributed by atoms with Crippen molar-refractivity contribution in [3.05, 3.63) is 0 Å². The zero-order chi connectivity index (χ0) is 18.1. The van der Waals surface area contributed by atoms with E-state index in [0.717, 1.165) is 51.7 Å². The highest BCUT2D eigenvalue weighted by Gasteiger charge is 2.46. The van der Waals surface area contributed by atoms with Gasteiger partial charge in [0, 0.05) is 24.2 Å². The van der Waals surface area contributed by atoms with Gasteiger partial charge in [-0.2, -0.15) is 11.8 Å². The summed E-state index contributed by atoms with van der Waals surface area (Å²) in [6.45, 7) is 1.71. The Morgan fingerprint density at radius 1 is 1.12 bits per heavy atom.